The first-order valence-corrected chi connectivity index (χ1v) is 19.8. The number of hydrogen-bond donors (Lipinski definition) is 3. The summed E-state index contributed by atoms with van der Waals surface area (Å²) in [6.45, 7) is 4.68. The Morgan fingerprint density at radius 1 is 0.672 bits per heavy atom. The first kappa shape index (κ1) is 41.2. The van der Waals surface area contributed by atoms with Gasteiger partial charge in [-0.25, -0.2) is 29.5 Å². The monoisotopic (exact) mass is 900 g/mol. The van der Waals surface area contributed by atoms with E-state index in [1.54, 1.807) is 67.7 Å². The molecule has 0 aliphatic rings. The lowest BCUT2D eigenvalue weighted by Crippen LogP contribution is -2.26. The van der Waals surface area contributed by atoms with Gasteiger partial charge in [0.05, 0.1) is 34.8 Å². The number of pyridine rings is 2. The predicted molar refractivity (Wildman–Crippen MR) is 225 cm³/mol. The number of aromatic amines is 2. The Hall–Kier alpha value is -4.93. The average molecular weight is 903 g/mol. The Labute approximate surface area is 358 Å². The molecule has 0 bridgehead atoms. The second kappa shape index (κ2) is 17.1. The quantitative estimate of drug-likeness (QED) is 0.0910. The van der Waals surface area contributed by atoms with Gasteiger partial charge in [-0.15, -0.1) is 0 Å². The highest BCUT2D eigenvalue weighted by Gasteiger charge is 2.23. The number of aliphatic hydroxyl groups is 1. The van der Waals surface area contributed by atoms with Crippen molar-refractivity contribution in [2.45, 2.75) is 46.1 Å². The highest BCUT2D eigenvalue weighted by Crippen LogP contribution is 2.30. The SMILES string of the molecule is CCn1c(C(=O)c2ccc(Cl)cc2Cl)cn(Cc2nc3nc(Cl)ccc3[nH]2)c1=O.CCn1c(C(O)c2ccc(Cl)cc2Cl)cn(Cc2nc3nc(Cl)ccc3[nH]2)c1=O. The molecule has 6 heterocycles. The summed E-state index contributed by atoms with van der Waals surface area (Å²) in [5.41, 5.74) is 3.18. The van der Waals surface area contributed by atoms with E-state index < -0.39 is 6.10 Å². The number of H-pyrrole nitrogens is 2. The Balaban J connectivity index is 0.000000177. The number of imidazole rings is 4. The van der Waals surface area contributed by atoms with Crippen LogP contribution in [0.25, 0.3) is 22.3 Å². The number of carbonyl (C=O) groups is 1. The fourth-order valence-corrected chi connectivity index (χ4v) is 7.63. The minimum absolute atomic E-state index is 0.147. The summed E-state index contributed by atoms with van der Waals surface area (Å²) in [5, 5.41) is 13.0. The lowest BCUT2D eigenvalue weighted by Gasteiger charge is -2.14. The van der Waals surface area contributed by atoms with Gasteiger partial charge in [0.1, 0.15) is 33.8 Å². The largest absolute Gasteiger partial charge is 0.382 e. The molecule has 298 valence electrons. The topological polar surface area (TPSA) is 174 Å². The van der Waals surface area contributed by atoms with Gasteiger partial charge in [0, 0.05) is 51.7 Å². The maximum absolute atomic E-state index is 13.0. The number of hydrogen-bond acceptors (Lipinski definition) is 8. The molecule has 0 radical (unpaired) electrons. The molecule has 8 aromatic rings. The van der Waals surface area contributed by atoms with E-state index in [-0.39, 0.29) is 46.5 Å². The number of nitrogens with zero attached hydrogens (tertiary/aromatic N) is 8. The van der Waals surface area contributed by atoms with Crippen molar-refractivity contribution in [2.24, 2.45) is 0 Å². The molecule has 0 amide bonds. The fraction of sp³-hybridized carbons (Fsp3) is 0.184. The number of benzene rings is 2. The lowest BCUT2D eigenvalue weighted by molar-refractivity contribution is 0.103. The van der Waals surface area contributed by atoms with Gasteiger partial charge in [0.2, 0.25) is 5.78 Å². The van der Waals surface area contributed by atoms with Crippen molar-refractivity contribution >= 4 is 97.7 Å². The summed E-state index contributed by atoms with van der Waals surface area (Å²) >= 11 is 36.0. The van der Waals surface area contributed by atoms with E-state index >= 15 is 0 Å². The number of aliphatic hydroxyl groups excluding tert-OH is 1. The molecule has 3 N–H and O–H groups in total. The number of fused-ring (bicyclic) bond motifs is 2. The van der Waals surface area contributed by atoms with E-state index in [2.05, 4.69) is 29.9 Å². The van der Waals surface area contributed by atoms with E-state index in [4.69, 9.17) is 69.6 Å². The molecule has 0 aliphatic carbocycles. The van der Waals surface area contributed by atoms with Gasteiger partial charge in [-0.3, -0.25) is 23.1 Å². The van der Waals surface area contributed by atoms with Crippen LogP contribution in [0.5, 0.6) is 0 Å². The number of nitrogens with one attached hydrogen (secondary N) is 2. The van der Waals surface area contributed by atoms with Gasteiger partial charge in [-0.05, 0) is 68.4 Å². The van der Waals surface area contributed by atoms with Crippen LogP contribution in [-0.2, 0) is 26.2 Å². The Morgan fingerprint density at radius 3 is 1.72 bits per heavy atom. The molecule has 20 heteroatoms. The third-order valence-electron chi connectivity index (χ3n) is 9.06. The fourth-order valence-electron chi connectivity index (χ4n) is 6.34. The summed E-state index contributed by atoms with van der Waals surface area (Å²) in [6.07, 6.45) is 2.03. The van der Waals surface area contributed by atoms with Crippen molar-refractivity contribution in [3.63, 3.8) is 0 Å². The van der Waals surface area contributed by atoms with E-state index in [0.717, 1.165) is 5.52 Å². The minimum Gasteiger partial charge on any atom is -0.382 e. The van der Waals surface area contributed by atoms with Crippen LogP contribution in [0.2, 0.25) is 30.4 Å². The maximum Gasteiger partial charge on any atom is 0.329 e. The normalized spacial score (nSPS) is 11.9. The van der Waals surface area contributed by atoms with Crippen LogP contribution in [-0.4, -0.2) is 59.1 Å². The van der Waals surface area contributed by atoms with Crippen LogP contribution in [0.15, 0.2) is 82.6 Å². The van der Waals surface area contributed by atoms with Crippen molar-refractivity contribution in [1.29, 1.82) is 0 Å². The van der Waals surface area contributed by atoms with Crippen LogP contribution in [0.3, 0.4) is 0 Å². The van der Waals surface area contributed by atoms with Crippen LogP contribution >= 0.6 is 69.6 Å². The summed E-state index contributed by atoms with van der Waals surface area (Å²) in [7, 11) is 0. The number of carbonyl (C=O) groups excluding carboxylic acids is 1. The predicted octanol–water partition coefficient (Wildman–Crippen LogP) is 8.21. The van der Waals surface area contributed by atoms with E-state index in [0.29, 0.717) is 78.2 Å². The van der Waals surface area contributed by atoms with Crippen LogP contribution in [0, 0.1) is 0 Å². The molecule has 58 heavy (non-hydrogen) atoms. The summed E-state index contributed by atoms with van der Waals surface area (Å²) in [4.78, 5) is 61.9. The highest BCUT2D eigenvalue weighted by molar-refractivity contribution is 6.37. The van der Waals surface area contributed by atoms with Gasteiger partial charge < -0.3 is 15.1 Å². The van der Waals surface area contributed by atoms with Crippen molar-refractivity contribution in [1.82, 2.24) is 48.2 Å². The third-order valence-corrected chi connectivity index (χ3v) is 10.6. The highest BCUT2D eigenvalue weighted by atomic mass is 35.5. The molecular formula is C38H30Cl6N10O4. The molecule has 0 spiro atoms. The smallest absolute Gasteiger partial charge is 0.329 e. The number of rotatable bonds is 10. The van der Waals surface area contributed by atoms with Gasteiger partial charge >= 0.3 is 11.4 Å². The van der Waals surface area contributed by atoms with Crippen LogP contribution in [0.4, 0.5) is 0 Å². The zero-order valence-corrected chi connectivity index (χ0v) is 34.9. The van der Waals surface area contributed by atoms with Gasteiger partial charge in [-0.1, -0.05) is 75.7 Å². The minimum atomic E-state index is -1.08. The molecule has 1 unspecified atom stereocenters. The molecule has 0 aliphatic heterocycles. The number of ketones is 1. The summed E-state index contributed by atoms with van der Waals surface area (Å²) in [6, 6.07) is 16.3. The average Bonchev–Trinajstić information content (AvgIpc) is 3.94. The first-order valence-electron chi connectivity index (χ1n) is 17.5. The van der Waals surface area contributed by atoms with Crippen LogP contribution in [0.1, 0.15) is 58.9 Å². The number of aromatic nitrogens is 10. The molecule has 0 saturated heterocycles. The van der Waals surface area contributed by atoms with Gasteiger partial charge in [0.25, 0.3) is 0 Å². The van der Waals surface area contributed by atoms with E-state index in [9.17, 15) is 19.5 Å². The summed E-state index contributed by atoms with van der Waals surface area (Å²) < 4.78 is 5.78. The second-order valence-electron chi connectivity index (χ2n) is 12.8. The molecule has 0 fully saturated rings. The van der Waals surface area contributed by atoms with E-state index in [1.807, 2.05) is 6.92 Å². The molecule has 2 aromatic carbocycles. The zero-order chi connectivity index (χ0) is 41.4. The molecule has 14 nitrogen and oxygen atoms in total. The maximum atomic E-state index is 13.0. The van der Waals surface area contributed by atoms with Crippen molar-refractivity contribution in [3.8, 4) is 0 Å². The zero-order valence-electron chi connectivity index (χ0n) is 30.4. The van der Waals surface area contributed by atoms with Crippen molar-refractivity contribution in [3.05, 3.63) is 159 Å². The first-order chi connectivity index (χ1) is 27.7. The Bertz CT molecular complexity index is 2960. The third kappa shape index (κ3) is 8.45. The van der Waals surface area contributed by atoms with Crippen molar-refractivity contribution in [2.75, 3.05) is 0 Å². The van der Waals surface area contributed by atoms with E-state index in [1.165, 1.54) is 30.5 Å². The Morgan fingerprint density at radius 2 is 1.19 bits per heavy atom. The molecule has 6 aromatic heterocycles. The van der Waals surface area contributed by atoms with Gasteiger partial charge in [-0.2, -0.15) is 0 Å². The Kier molecular flexibility index (Phi) is 12.2. The summed E-state index contributed by atoms with van der Waals surface area (Å²) in [5.74, 6) is 0.715. The number of halogens is 6. The molecule has 8 rings (SSSR count). The molecule has 1 atom stereocenters. The van der Waals surface area contributed by atoms with Crippen LogP contribution < -0.4 is 11.4 Å². The van der Waals surface area contributed by atoms with Gasteiger partial charge in [0.15, 0.2) is 11.3 Å². The standard InChI is InChI=1S/C19H16Cl3N5O2.C19H14Cl3N5O2/c2*1-2-27-14(17(28)11-4-3-10(20)7-12(11)21)8-26(19(27)29)9-16-23-13-5-6-15(22)24-18(13)25-16/h3-8,17,28H,2,9H2,1H3,(H,23,24,25);3-8H,2,9H2,1H3,(H,23,24,25). The molecular weight excluding hydrogens is 873 g/mol. The second-order valence-corrected chi connectivity index (χ2v) is 15.2. The molecule has 0 saturated carbocycles. The van der Waals surface area contributed by atoms with Crippen molar-refractivity contribution < 1.29 is 9.90 Å². The lowest BCUT2D eigenvalue weighted by atomic mass is 10.1.